The van der Waals surface area contributed by atoms with Crippen molar-refractivity contribution in [2.24, 2.45) is 5.92 Å². The van der Waals surface area contributed by atoms with Crippen molar-refractivity contribution in [3.8, 4) is 0 Å². The Kier molecular flexibility index (Phi) is 6.01. The highest BCUT2D eigenvalue weighted by atomic mass is 16.4. The second-order valence-electron chi connectivity index (χ2n) is 5.47. The van der Waals surface area contributed by atoms with Gasteiger partial charge in [-0.1, -0.05) is 20.8 Å². The molecule has 16 heavy (non-hydrogen) atoms. The quantitative estimate of drug-likeness (QED) is 0.729. The summed E-state index contributed by atoms with van der Waals surface area (Å²) in [6, 6.07) is 0.318. The van der Waals surface area contributed by atoms with Gasteiger partial charge in [0, 0.05) is 6.04 Å². The van der Waals surface area contributed by atoms with Crippen molar-refractivity contribution in [2.45, 2.75) is 66.0 Å². The molecule has 0 spiro atoms. The molecule has 0 saturated heterocycles. The maximum absolute atomic E-state index is 11.2. The first-order valence-corrected chi connectivity index (χ1v) is 6.23. The minimum Gasteiger partial charge on any atom is -0.480 e. The average molecular weight is 229 g/mol. The molecule has 0 aromatic rings. The third-order valence-corrected chi connectivity index (χ3v) is 3.28. The van der Waals surface area contributed by atoms with Crippen LogP contribution in [0.3, 0.4) is 0 Å². The lowest BCUT2D eigenvalue weighted by Gasteiger charge is -2.39. The summed E-state index contributed by atoms with van der Waals surface area (Å²) in [5, 5.41) is 9.23. The molecule has 0 rings (SSSR count). The van der Waals surface area contributed by atoms with Gasteiger partial charge in [-0.25, -0.2) is 0 Å². The highest BCUT2D eigenvalue weighted by Crippen LogP contribution is 2.21. The Labute approximate surface area is 99.8 Å². The van der Waals surface area contributed by atoms with Gasteiger partial charge >= 0.3 is 5.97 Å². The van der Waals surface area contributed by atoms with Crippen molar-refractivity contribution < 1.29 is 9.90 Å². The number of aliphatic carboxylic acids is 1. The Balaban J connectivity index is 4.54. The van der Waals surface area contributed by atoms with E-state index in [4.69, 9.17) is 0 Å². The number of hydrogen-bond acceptors (Lipinski definition) is 2. The van der Waals surface area contributed by atoms with Crippen LogP contribution in [0.15, 0.2) is 0 Å². The zero-order valence-electron chi connectivity index (χ0n) is 11.6. The Morgan fingerprint density at radius 1 is 1.25 bits per heavy atom. The van der Waals surface area contributed by atoms with Crippen molar-refractivity contribution >= 4 is 5.97 Å². The molecule has 0 aliphatic heterocycles. The van der Waals surface area contributed by atoms with Crippen LogP contribution in [-0.2, 0) is 4.79 Å². The van der Waals surface area contributed by atoms with Crippen molar-refractivity contribution in [3.63, 3.8) is 0 Å². The van der Waals surface area contributed by atoms with E-state index in [0.717, 1.165) is 19.4 Å². The smallest absolute Gasteiger partial charge is 0.323 e. The van der Waals surface area contributed by atoms with Crippen LogP contribution in [-0.4, -0.2) is 34.1 Å². The van der Waals surface area contributed by atoms with Gasteiger partial charge in [0.2, 0.25) is 0 Å². The molecule has 3 heteroatoms. The lowest BCUT2D eigenvalue weighted by Crippen LogP contribution is -2.53. The standard InChI is InChI=1S/C13H27NO2/c1-7-14(13(5,6)12(15)16)11(4)9-8-10(2)3/h10-11H,7-9H2,1-6H3,(H,15,16). The van der Waals surface area contributed by atoms with E-state index >= 15 is 0 Å². The van der Waals surface area contributed by atoms with Gasteiger partial charge in [-0.05, 0) is 46.1 Å². The molecule has 0 heterocycles. The van der Waals surface area contributed by atoms with Gasteiger partial charge < -0.3 is 5.11 Å². The van der Waals surface area contributed by atoms with E-state index in [0.29, 0.717) is 12.0 Å². The van der Waals surface area contributed by atoms with Gasteiger partial charge in [0.25, 0.3) is 0 Å². The molecule has 0 fully saturated rings. The molecule has 96 valence electrons. The van der Waals surface area contributed by atoms with Gasteiger partial charge in [-0.3, -0.25) is 9.69 Å². The van der Waals surface area contributed by atoms with Crippen molar-refractivity contribution in [3.05, 3.63) is 0 Å². The highest BCUT2D eigenvalue weighted by molar-refractivity contribution is 5.77. The van der Waals surface area contributed by atoms with Gasteiger partial charge in [0.15, 0.2) is 0 Å². The minimum absolute atomic E-state index is 0.318. The fourth-order valence-electron chi connectivity index (χ4n) is 2.11. The molecule has 0 aliphatic rings. The Morgan fingerprint density at radius 3 is 2.06 bits per heavy atom. The lowest BCUT2D eigenvalue weighted by molar-refractivity contribution is -0.150. The van der Waals surface area contributed by atoms with Crippen LogP contribution >= 0.6 is 0 Å². The van der Waals surface area contributed by atoms with Crippen molar-refractivity contribution in [2.75, 3.05) is 6.54 Å². The summed E-state index contributed by atoms with van der Waals surface area (Å²) in [5.41, 5.74) is -0.773. The maximum Gasteiger partial charge on any atom is 0.323 e. The van der Waals surface area contributed by atoms with Crippen molar-refractivity contribution in [1.82, 2.24) is 4.90 Å². The number of carbonyl (C=O) groups is 1. The van der Waals surface area contributed by atoms with Gasteiger partial charge in [0.1, 0.15) is 5.54 Å². The van der Waals surface area contributed by atoms with Crippen LogP contribution in [0.1, 0.15) is 54.4 Å². The Morgan fingerprint density at radius 2 is 1.75 bits per heavy atom. The first kappa shape index (κ1) is 15.4. The summed E-state index contributed by atoms with van der Waals surface area (Å²) in [6.07, 6.45) is 2.20. The van der Waals surface area contributed by atoms with Crippen LogP contribution in [0.4, 0.5) is 0 Å². The zero-order chi connectivity index (χ0) is 12.9. The first-order valence-electron chi connectivity index (χ1n) is 6.23. The summed E-state index contributed by atoms with van der Waals surface area (Å²) in [4.78, 5) is 13.3. The predicted molar refractivity (Wildman–Crippen MR) is 67.6 cm³/mol. The SMILES string of the molecule is CCN(C(C)CCC(C)C)C(C)(C)C(=O)O. The van der Waals surface area contributed by atoms with Crippen LogP contribution < -0.4 is 0 Å². The molecule has 1 N–H and O–H groups in total. The molecule has 0 radical (unpaired) electrons. The molecule has 1 atom stereocenters. The fraction of sp³-hybridized carbons (Fsp3) is 0.923. The average Bonchev–Trinajstić information content (AvgIpc) is 2.15. The summed E-state index contributed by atoms with van der Waals surface area (Å²) in [5.74, 6) is -0.0696. The third-order valence-electron chi connectivity index (χ3n) is 3.28. The van der Waals surface area contributed by atoms with E-state index < -0.39 is 11.5 Å². The Hall–Kier alpha value is -0.570. The number of rotatable bonds is 7. The second kappa shape index (κ2) is 6.24. The molecular weight excluding hydrogens is 202 g/mol. The topological polar surface area (TPSA) is 40.5 Å². The van der Waals surface area contributed by atoms with Crippen LogP contribution in [0.25, 0.3) is 0 Å². The van der Waals surface area contributed by atoms with Crippen LogP contribution in [0.2, 0.25) is 0 Å². The monoisotopic (exact) mass is 229 g/mol. The summed E-state index contributed by atoms with van der Waals surface area (Å²) >= 11 is 0. The molecule has 3 nitrogen and oxygen atoms in total. The molecule has 0 aliphatic carbocycles. The zero-order valence-corrected chi connectivity index (χ0v) is 11.6. The van der Waals surface area contributed by atoms with Crippen LogP contribution in [0.5, 0.6) is 0 Å². The number of carboxylic acids is 1. The minimum atomic E-state index is -0.773. The molecule has 0 amide bonds. The fourth-order valence-corrected chi connectivity index (χ4v) is 2.11. The van der Waals surface area contributed by atoms with Crippen LogP contribution in [0, 0.1) is 5.92 Å². The van der Waals surface area contributed by atoms with E-state index in [1.807, 2.05) is 6.92 Å². The normalized spacial score (nSPS) is 14.5. The third kappa shape index (κ3) is 4.12. The summed E-state index contributed by atoms with van der Waals surface area (Å²) < 4.78 is 0. The summed E-state index contributed by atoms with van der Waals surface area (Å²) in [6.45, 7) is 12.9. The van der Waals surface area contributed by atoms with E-state index in [-0.39, 0.29) is 0 Å². The summed E-state index contributed by atoms with van der Waals surface area (Å²) in [7, 11) is 0. The van der Waals surface area contributed by atoms with Gasteiger partial charge in [-0.2, -0.15) is 0 Å². The maximum atomic E-state index is 11.2. The number of likely N-dealkylation sites (N-methyl/N-ethyl adjacent to an activating group) is 1. The van der Waals surface area contributed by atoms with Gasteiger partial charge in [0.05, 0.1) is 0 Å². The van der Waals surface area contributed by atoms with E-state index in [1.54, 1.807) is 13.8 Å². The largest absolute Gasteiger partial charge is 0.480 e. The molecule has 0 aromatic heterocycles. The Bertz CT molecular complexity index is 224. The van der Waals surface area contributed by atoms with Gasteiger partial charge in [-0.15, -0.1) is 0 Å². The molecule has 0 saturated carbocycles. The predicted octanol–water partition coefficient (Wildman–Crippen LogP) is 3.00. The number of nitrogens with zero attached hydrogens (tertiary/aromatic N) is 1. The van der Waals surface area contributed by atoms with E-state index in [9.17, 15) is 9.90 Å². The first-order chi connectivity index (χ1) is 7.23. The van der Waals surface area contributed by atoms with E-state index in [1.165, 1.54) is 0 Å². The van der Waals surface area contributed by atoms with Crippen molar-refractivity contribution in [1.29, 1.82) is 0 Å². The number of carboxylic acid groups (broad SMARTS) is 1. The molecule has 1 unspecified atom stereocenters. The molecule has 0 bridgehead atoms. The number of hydrogen-bond donors (Lipinski definition) is 1. The second-order valence-corrected chi connectivity index (χ2v) is 5.47. The molecule has 0 aromatic carbocycles. The van der Waals surface area contributed by atoms with E-state index in [2.05, 4.69) is 25.7 Å². The lowest BCUT2D eigenvalue weighted by atomic mass is 9.97. The highest BCUT2D eigenvalue weighted by Gasteiger charge is 2.36. The molecular formula is C13H27NO2.